The molecule has 0 spiro atoms. The van der Waals surface area contributed by atoms with E-state index in [1.54, 1.807) is 30.8 Å². The molecule has 0 radical (unpaired) electrons. The Balaban J connectivity index is 2.04. The molecule has 1 saturated heterocycles. The Morgan fingerprint density at radius 3 is 2.58 bits per heavy atom. The van der Waals surface area contributed by atoms with E-state index in [1.165, 1.54) is 16.4 Å². The van der Waals surface area contributed by atoms with Crippen molar-refractivity contribution in [3.63, 3.8) is 0 Å². The maximum atomic E-state index is 13.1. The van der Waals surface area contributed by atoms with Crippen LogP contribution in [0.3, 0.4) is 0 Å². The summed E-state index contributed by atoms with van der Waals surface area (Å²) in [7, 11) is -3.74. The third kappa shape index (κ3) is 3.43. The highest BCUT2D eigenvalue weighted by atomic mass is 35.5. The summed E-state index contributed by atoms with van der Waals surface area (Å²) in [5, 5.41) is 0.840. The van der Waals surface area contributed by atoms with Gasteiger partial charge in [0.1, 0.15) is 4.90 Å². The summed E-state index contributed by atoms with van der Waals surface area (Å²) in [6, 6.07) is 10.3. The van der Waals surface area contributed by atoms with Gasteiger partial charge in [0.25, 0.3) is 0 Å². The highest BCUT2D eigenvalue weighted by molar-refractivity contribution is 8.01. The Morgan fingerprint density at radius 1 is 1.12 bits per heavy atom. The fourth-order valence-corrected chi connectivity index (χ4v) is 6.82. The molecule has 1 atom stereocenters. The highest BCUT2D eigenvalue weighted by Crippen LogP contribution is 2.43. The Morgan fingerprint density at radius 2 is 1.88 bits per heavy atom. The van der Waals surface area contributed by atoms with Gasteiger partial charge in [-0.1, -0.05) is 46.9 Å². The Bertz CT molecular complexity index is 887. The third-order valence-electron chi connectivity index (χ3n) is 3.78. The van der Waals surface area contributed by atoms with Crippen LogP contribution in [-0.2, 0) is 10.0 Å². The zero-order valence-electron chi connectivity index (χ0n) is 12.7. The summed E-state index contributed by atoms with van der Waals surface area (Å²) in [6.07, 6.45) is 0. The molecule has 0 aliphatic carbocycles. The second-order valence-electron chi connectivity index (χ2n) is 5.43. The number of rotatable bonds is 3. The van der Waals surface area contributed by atoms with Crippen molar-refractivity contribution in [1.29, 1.82) is 0 Å². The fourth-order valence-electron chi connectivity index (χ4n) is 2.58. The van der Waals surface area contributed by atoms with Crippen molar-refractivity contribution < 1.29 is 8.42 Å². The smallest absolute Gasteiger partial charge is 0.207 e. The molecule has 3 rings (SSSR count). The number of nitrogens with zero attached hydrogens (tertiary/aromatic N) is 1. The maximum Gasteiger partial charge on any atom is 0.245 e. The van der Waals surface area contributed by atoms with E-state index in [9.17, 15) is 8.42 Å². The second kappa shape index (κ2) is 7.06. The number of thioether (sulfide) groups is 1. The van der Waals surface area contributed by atoms with Crippen LogP contribution in [0.1, 0.15) is 16.5 Å². The molecule has 1 unspecified atom stereocenters. The lowest BCUT2D eigenvalue weighted by Crippen LogP contribution is -2.30. The van der Waals surface area contributed by atoms with Crippen molar-refractivity contribution in [1.82, 2.24) is 4.31 Å². The number of halogens is 3. The van der Waals surface area contributed by atoms with Crippen molar-refractivity contribution in [2.24, 2.45) is 0 Å². The fraction of sp³-hybridized carbons (Fsp3) is 0.250. The molecule has 0 amide bonds. The van der Waals surface area contributed by atoms with Crippen LogP contribution in [0, 0.1) is 6.92 Å². The molecule has 1 aliphatic rings. The molecule has 0 saturated carbocycles. The molecule has 2 aromatic carbocycles. The van der Waals surface area contributed by atoms with Crippen LogP contribution in [0.15, 0.2) is 41.3 Å². The number of aryl methyl sites for hydroxylation is 1. The zero-order valence-corrected chi connectivity index (χ0v) is 16.6. The van der Waals surface area contributed by atoms with Crippen LogP contribution in [0.25, 0.3) is 0 Å². The predicted octanol–water partition coefficient (Wildman–Crippen LogP) is 5.39. The first-order valence-corrected chi connectivity index (χ1v) is 10.8. The minimum Gasteiger partial charge on any atom is -0.207 e. The van der Waals surface area contributed by atoms with E-state index in [-0.39, 0.29) is 15.3 Å². The molecular formula is C16H14Cl3NO2S2. The van der Waals surface area contributed by atoms with E-state index in [4.69, 9.17) is 34.8 Å². The van der Waals surface area contributed by atoms with E-state index in [0.29, 0.717) is 27.9 Å². The van der Waals surface area contributed by atoms with Gasteiger partial charge < -0.3 is 0 Å². The Kier molecular flexibility index (Phi) is 5.40. The molecule has 128 valence electrons. The topological polar surface area (TPSA) is 37.4 Å². The summed E-state index contributed by atoms with van der Waals surface area (Å²) < 4.78 is 27.7. The molecule has 24 heavy (non-hydrogen) atoms. The van der Waals surface area contributed by atoms with E-state index in [1.807, 2.05) is 12.1 Å². The molecule has 2 aromatic rings. The van der Waals surface area contributed by atoms with Gasteiger partial charge in [0.2, 0.25) is 10.0 Å². The van der Waals surface area contributed by atoms with Gasteiger partial charge in [-0.3, -0.25) is 0 Å². The first-order valence-electron chi connectivity index (χ1n) is 7.15. The number of hydrogen-bond donors (Lipinski definition) is 0. The number of benzene rings is 2. The van der Waals surface area contributed by atoms with Crippen LogP contribution in [0.2, 0.25) is 15.1 Å². The van der Waals surface area contributed by atoms with E-state index >= 15 is 0 Å². The number of sulfonamides is 1. The van der Waals surface area contributed by atoms with Crippen molar-refractivity contribution >= 4 is 56.6 Å². The van der Waals surface area contributed by atoms with Gasteiger partial charge in [-0.2, -0.15) is 4.31 Å². The quantitative estimate of drug-likeness (QED) is 0.665. The molecule has 0 aromatic heterocycles. The van der Waals surface area contributed by atoms with Gasteiger partial charge in [-0.25, -0.2) is 8.42 Å². The lowest BCUT2D eigenvalue weighted by Gasteiger charge is -2.24. The van der Waals surface area contributed by atoms with Crippen molar-refractivity contribution in [3.8, 4) is 0 Å². The Hall–Kier alpha value is -0.430. The van der Waals surface area contributed by atoms with Crippen LogP contribution >= 0.6 is 46.6 Å². The lowest BCUT2D eigenvalue weighted by molar-refractivity contribution is 0.434. The molecular weight excluding hydrogens is 409 g/mol. The molecule has 1 aliphatic heterocycles. The first-order chi connectivity index (χ1) is 11.3. The third-order valence-corrected chi connectivity index (χ3v) is 8.15. The van der Waals surface area contributed by atoms with Gasteiger partial charge >= 0.3 is 0 Å². The standard InChI is InChI=1S/C16H14Cl3NO2S2/c1-10-7-15(14(19)9-13(10)18)24(21,22)20-5-6-23-16(20)11-3-2-4-12(17)8-11/h2-4,7-9,16H,5-6H2,1H3. The summed E-state index contributed by atoms with van der Waals surface area (Å²) in [6.45, 7) is 2.17. The van der Waals surface area contributed by atoms with Gasteiger partial charge in [0, 0.05) is 22.3 Å². The van der Waals surface area contributed by atoms with Gasteiger partial charge in [0.15, 0.2) is 0 Å². The van der Waals surface area contributed by atoms with E-state index in [2.05, 4.69) is 0 Å². The van der Waals surface area contributed by atoms with Crippen LogP contribution in [-0.4, -0.2) is 25.0 Å². The monoisotopic (exact) mass is 421 g/mol. The van der Waals surface area contributed by atoms with Gasteiger partial charge in [0.05, 0.1) is 10.4 Å². The lowest BCUT2D eigenvalue weighted by atomic mass is 10.2. The second-order valence-corrected chi connectivity index (χ2v) is 9.72. The average Bonchev–Trinajstić information content (AvgIpc) is 3.01. The van der Waals surface area contributed by atoms with Crippen LogP contribution in [0.5, 0.6) is 0 Å². The molecule has 3 nitrogen and oxygen atoms in total. The normalized spacial score (nSPS) is 18.9. The van der Waals surface area contributed by atoms with E-state index in [0.717, 1.165) is 5.56 Å². The van der Waals surface area contributed by atoms with E-state index < -0.39 is 10.0 Å². The first kappa shape index (κ1) is 18.4. The largest absolute Gasteiger partial charge is 0.245 e. The van der Waals surface area contributed by atoms with Crippen molar-refractivity contribution in [2.75, 3.05) is 12.3 Å². The van der Waals surface area contributed by atoms with Gasteiger partial charge in [-0.05, 0) is 42.3 Å². The van der Waals surface area contributed by atoms with Crippen molar-refractivity contribution in [3.05, 3.63) is 62.6 Å². The van der Waals surface area contributed by atoms with Crippen molar-refractivity contribution in [2.45, 2.75) is 17.2 Å². The van der Waals surface area contributed by atoms with Crippen LogP contribution in [0.4, 0.5) is 0 Å². The minimum atomic E-state index is -3.74. The Labute approximate surface area is 160 Å². The predicted molar refractivity (Wildman–Crippen MR) is 102 cm³/mol. The summed E-state index contributed by atoms with van der Waals surface area (Å²) in [5.41, 5.74) is 1.53. The SMILES string of the molecule is Cc1cc(S(=O)(=O)N2CCSC2c2cccc(Cl)c2)c(Cl)cc1Cl. The summed E-state index contributed by atoms with van der Waals surface area (Å²) >= 11 is 19.8. The highest BCUT2D eigenvalue weighted by Gasteiger charge is 2.38. The molecule has 1 fully saturated rings. The molecule has 8 heteroatoms. The number of hydrogen-bond acceptors (Lipinski definition) is 3. The average molecular weight is 423 g/mol. The summed E-state index contributed by atoms with van der Waals surface area (Å²) in [4.78, 5) is 0.0839. The summed E-state index contributed by atoms with van der Waals surface area (Å²) in [5.74, 6) is 0.709. The maximum absolute atomic E-state index is 13.1. The molecule has 0 bridgehead atoms. The molecule has 1 heterocycles. The van der Waals surface area contributed by atoms with Gasteiger partial charge in [-0.15, -0.1) is 11.8 Å². The molecule has 0 N–H and O–H groups in total. The zero-order chi connectivity index (χ0) is 17.5. The van der Waals surface area contributed by atoms with Crippen LogP contribution < -0.4 is 0 Å². The minimum absolute atomic E-state index is 0.0839.